The number of aromatic amines is 3. The van der Waals surface area contributed by atoms with Gasteiger partial charge in [0.15, 0.2) is 0 Å². The van der Waals surface area contributed by atoms with E-state index in [9.17, 15) is 48.3 Å². The second kappa shape index (κ2) is 24.4. The van der Waals surface area contributed by atoms with Crippen LogP contribution in [0.1, 0.15) is 36.3 Å². The molecule has 0 aromatic carbocycles. The van der Waals surface area contributed by atoms with Crippen LogP contribution in [0, 0.1) is 0 Å². The zero-order valence-corrected chi connectivity index (χ0v) is 31.2. The lowest BCUT2D eigenvalue weighted by atomic mass is 10.1. The predicted molar refractivity (Wildman–Crippen MR) is 198 cm³/mol. The minimum absolute atomic E-state index is 0.00363. The minimum atomic E-state index is -1.25. The van der Waals surface area contributed by atoms with Crippen LogP contribution in [0.4, 0.5) is 0 Å². The summed E-state index contributed by atoms with van der Waals surface area (Å²) >= 11 is 0. The number of carboxylic acid groups (broad SMARTS) is 1. The van der Waals surface area contributed by atoms with Gasteiger partial charge >= 0.3 is 5.97 Å². The largest absolute Gasteiger partial charge is 0.480 e. The number of aromatic nitrogens is 6. The van der Waals surface area contributed by atoms with E-state index in [1.54, 1.807) is 0 Å². The molecule has 3 heterocycles. The topological polar surface area (TPSA) is 382 Å². The van der Waals surface area contributed by atoms with Crippen LogP contribution in [0.2, 0.25) is 0 Å². The molecule has 3 rings (SSSR count). The molecule has 3 atom stereocenters. The van der Waals surface area contributed by atoms with Gasteiger partial charge in [-0.1, -0.05) is 0 Å². The van der Waals surface area contributed by atoms with Gasteiger partial charge in [-0.25, -0.2) is 19.7 Å². The van der Waals surface area contributed by atoms with Crippen molar-refractivity contribution in [2.75, 3.05) is 39.3 Å². The third-order valence-corrected chi connectivity index (χ3v) is 7.93. The summed E-state index contributed by atoms with van der Waals surface area (Å²) in [6.07, 6.45) is 7.77. The van der Waals surface area contributed by atoms with Crippen LogP contribution in [0.5, 0.6) is 0 Å². The first-order chi connectivity index (χ1) is 27.8. The van der Waals surface area contributed by atoms with Gasteiger partial charge in [0.25, 0.3) is 0 Å². The lowest BCUT2D eigenvalue weighted by Crippen LogP contribution is -2.51. The molecule has 58 heavy (non-hydrogen) atoms. The van der Waals surface area contributed by atoms with E-state index in [1.165, 1.54) is 37.6 Å². The highest BCUT2D eigenvalue weighted by molar-refractivity contribution is 5.91. The van der Waals surface area contributed by atoms with Gasteiger partial charge in [-0.3, -0.25) is 38.4 Å². The molecule has 0 aliphatic carbocycles. The van der Waals surface area contributed by atoms with E-state index in [1.807, 2.05) is 0 Å². The van der Waals surface area contributed by atoms with Crippen LogP contribution in [0.3, 0.4) is 0 Å². The Labute approximate surface area is 330 Å². The molecule has 0 saturated heterocycles. The monoisotopic (exact) mass is 813 g/mol. The molecule has 314 valence electrons. The van der Waals surface area contributed by atoms with Gasteiger partial charge in [0, 0.05) is 93.8 Å². The maximum atomic E-state index is 13.2. The number of nitrogens with two attached hydrogens (primary N) is 1. The average Bonchev–Trinajstić information content (AvgIpc) is 4.01. The van der Waals surface area contributed by atoms with Crippen LogP contribution in [-0.4, -0.2) is 146 Å². The molecular formula is C33H47N15O10. The molecular weight excluding hydrogens is 766 g/mol. The van der Waals surface area contributed by atoms with Crippen molar-refractivity contribution in [2.24, 2.45) is 5.73 Å². The van der Waals surface area contributed by atoms with Crippen molar-refractivity contribution in [3.63, 3.8) is 0 Å². The first kappa shape index (κ1) is 45.2. The lowest BCUT2D eigenvalue weighted by Gasteiger charge is -2.20. The van der Waals surface area contributed by atoms with Crippen molar-refractivity contribution >= 4 is 53.2 Å². The number of carbonyl (C=O) groups is 9. The molecule has 25 nitrogen and oxygen atoms in total. The summed E-state index contributed by atoms with van der Waals surface area (Å²) in [7, 11) is 0. The standard InChI is InChI=1S/C33H47N15O10/c34-10-28(52)41-15-30(54)42-14-29(53)38-4-1-25(49)46-22(7-19-11-35-16-43-19)31(55)39-5-2-26(50)47-23(8-20-12-36-17-44-20)32(56)40-6-3-27(51)48-24(33(57)58)9-21-13-37-18-45-21/h11-13,16-18,22-24H,1-10,14-15,34H2,(H,35,43)(H,36,44)(H,37,45)(H,38,53)(H,39,55)(H,40,56)(H,41,52)(H,42,54)(H,46,49)(H,47,50)(H,48,51)(H,57,58)/t22-,23-,24-/m0/s1. The number of rotatable bonds is 26. The normalized spacial score (nSPS) is 12.2. The number of imidazole rings is 3. The van der Waals surface area contributed by atoms with E-state index in [2.05, 4.69) is 72.4 Å². The Hall–Kier alpha value is -7.18. The molecule has 3 aromatic rings. The summed E-state index contributed by atoms with van der Waals surface area (Å²) in [6, 6.07) is -3.46. The Kier molecular flexibility index (Phi) is 19.0. The molecule has 0 saturated carbocycles. The first-order valence-corrected chi connectivity index (χ1v) is 17.9. The molecule has 0 fully saturated rings. The Morgan fingerprint density at radius 1 is 0.517 bits per heavy atom. The van der Waals surface area contributed by atoms with Gasteiger partial charge < -0.3 is 68.3 Å². The van der Waals surface area contributed by atoms with Crippen LogP contribution in [-0.2, 0) is 62.4 Å². The fourth-order valence-corrected chi connectivity index (χ4v) is 4.98. The molecule has 0 spiro atoms. The van der Waals surface area contributed by atoms with Gasteiger partial charge in [0.05, 0.1) is 38.6 Å². The van der Waals surface area contributed by atoms with Gasteiger partial charge in [-0.15, -0.1) is 0 Å². The third-order valence-electron chi connectivity index (χ3n) is 7.93. The number of amides is 8. The van der Waals surface area contributed by atoms with E-state index in [0.717, 1.165) is 0 Å². The predicted octanol–water partition coefficient (Wildman–Crippen LogP) is -5.87. The quantitative estimate of drug-likeness (QED) is 0.0359. The molecule has 0 unspecified atom stereocenters. The first-order valence-electron chi connectivity index (χ1n) is 17.9. The fourth-order valence-electron chi connectivity index (χ4n) is 4.98. The zero-order valence-electron chi connectivity index (χ0n) is 31.2. The molecule has 25 heteroatoms. The van der Waals surface area contributed by atoms with Crippen molar-refractivity contribution in [1.82, 2.24) is 72.4 Å². The van der Waals surface area contributed by atoms with Crippen LogP contribution < -0.4 is 48.3 Å². The number of hydrogen-bond donors (Lipinski definition) is 13. The second-order valence-electron chi connectivity index (χ2n) is 12.5. The second-order valence-corrected chi connectivity index (χ2v) is 12.5. The van der Waals surface area contributed by atoms with Crippen molar-refractivity contribution < 1.29 is 48.3 Å². The van der Waals surface area contributed by atoms with Crippen LogP contribution in [0.25, 0.3) is 0 Å². The molecule has 0 radical (unpaired) electrons. The number of carboxylic acids is 1. The Bertz CT molecular complexity index is 1820. The molecule has 0 aliphatic rings. The molecule has 0 aliphatic heterocycles. The maximum Gasteiger partial charge on any atom is 0.326 e. The third kappa shape index (κ3) is 17.5. The number of nitrogens with zero attached hydrogens (tertiary/aromatic N) is 3. The summed E-state index contributed by atoms with van der Waals surface area (Å²) in [6.45, 7) is -1.54. The Balaban J connectivity index is 1.45. The summed E-state index contributed by atoms with van der Waals surface area (Å²) < 4.78 is 0. The van der Waals surface area contributed by atoms with Gasteiger partial charge in [-0.05, 0) is 0 Å². The van der Waals surface area contributed by atoms with Gasteiger partial charge in [-0.2, -0.15) is 0 Å². The number of nitrogens with one attached hydrogen (secondary N) is 11. The fraction of sp³-hybridized carbons (Fsp3) is 0.455. The summed E-state index contributed by atoms with van der Waals surface area (Å²) in [5.74, 6) is -6.11. The molecule has 8 amide bonds. The summed E-state index contributed by atoms with van der Waals surface area (Å²) in [4.78, 5) is 131. The summed E-state index contributed by atoms with van der Waals surface area (Å²) in [5.41, 5.74) is 6.68. The van der Waals surface area contributed by atoms with Crippen molar-refractivity contribution in [2.45, 2.75) is 56.7 Å². The van der Waals surface area contributed by atoms with Crippen LogP contribution in [0.15, 0.2) is 37.6 Å². The summed E-state index contributed by atoms with van der Waals surface area (Å²) in [5, 5.41) is 29.2. The van der Waals surface area contributed by atoms with Gasteiger partial charge in [0.1, 0.15) is 18.1 Å². The van der Waals surface area contributed by atoms with Crippen molar-refractivity contribution in [3.8, 4) is 0 Å². The lowest BCUT2D eigenvalue weighted by molar-refractivity contribution is -0.141. The Morgan fingerprint density at radius 2 is 0.879 bits per heavy atom. The van der Waals surface area contributed by atoms with E-state index in [4.69, 9.17) is 5.73 Å². The molecule has 0 bridgehead atoms. The van der Waals surface area contributed by atoms with E-state index < -0.39 is 77.9 Å². The maximum absolute atomic E-state index is 13.2. The number of aliphatic carboxylic acids is 1. The van der Waals surface area contributed by atoms with E-state index >= 15 is 0 Å². The van der Waals surface area contributed by atoms with Crippen molar-refractivity contribution in [1.29, 1.82) is 0 Å². The minimum Gasteiger partial charge on any atom is -0.480 e. The number of carbonyl (C=O) groups excluding carboxylic acids is 8. The van der Waals surface area contributed by atoms with Gasteiger partial charge in [0.2, 0.25) is 47.3 Å². The smallest absolute Gasteiger partial charge is 0.326 e. The zero-order chi connectivity index (χ0) is 42.3. The highest BCUT2D eigenvalue weighted by atomic mass is 16.4. The molecule has 3 aromatic heterocycles. The number of hydrogen-bond acceptors (Lipinski definition) is 13. The Morgan fingerprint density at radius 3 is 1.26 bits per heavy atom. The highest BCUT2D eigenvalue weighted by Gasteiger charge is 2.25. The van der Waals surface area contributed by atoms with Crippen LogP contribution >= 0.6 is 0 Å². The van der Waals surface area contributed by atoms with E-state index in [0.29, 0.717) is 17.1 Å². The highest BCUT2D eigenvalue weighted by Crippen LogP contribution is 2.03. The SMILES string of the molecule is NCC(=O)NCC(=O)NCC(=O)NCCC(=O)N[C@@H](Cc1cnc[nH]1)C(=O)NCCC(=O)N[C@@H](Cc1cnc[nH]1)C(=O)NCCC(=O)N[C@@H](Cc1cnc[nH]1)C(=O)O. The van der Waals surface area contributed by atoms with Crippen molar-refractivity contribution in [3.05, 3.63) is 54.7 Å². The number of H-pyrrole nitrogens is 3. The average molecular weight is 814 g/mol. The van der Waals surface area contributed by atoms with E-state index in [-0.39, 0.29) is 71.2 Å². The molecule has 14 N–H and O–H groups in total.